The van der Waals surface area contributed by atoms with E-state index in [1.165, 1.54) is 27.7 Å². The lowest BCUT2D eigenvalue weighted by atomic mass is 9.95. The molecule has 80 valence electrons. The van der Waals surface area contributed by atoms with E-state index in [1.54, 1.807) is 0 Å². The normalized spacial score (nSPS) is 14.4. The van der Waals surface area contributed by atoms with Crippen molar-refractivity contribution in [1.82, 2.24) is 5.32 Å². The fourth-order valence-corrected chi connectivity index (χ4v) is 2.46. The van der Waals surface area contributed by atoms with Crippen LogP contribution in [0.5, 0.6) is 0 Å². The summed E-state index contributed by atoms with van der Waals surface area (Å²) in [6, 6.07) is 6.45. The lowest BCUT2D eigenvalue weighted by molar-refractivity contribution is 0.735. The Morgan fingerprint density at radius 2 is 2.27 bits per heavy atom. The van der Waals surface area contributed by atoms with Crippen LogP contribution in [0, 0.1) is 0 Å². The number of benzene rings is 1. The molecule has 0 saturated carbocycles. The number of rotatable bonds is 3. The van der Waals surface area contributed by atoms with E-state index in [0.29, 0.717) is 0 Å². The van der Waals surface area contributed by atoms with Gasteiger partial charge < -0.3 is 5.32 Å². The third-order valence-electron chi connectivity index (χ3n) is 2.75. The second-order valence-electron chi connectivity index (χ2n) is 3.91. The van der Waals surface area contributed by atoms with Gasteiger partial charge in [0.1, 0.15) is 0 Å². The molecule has 1 aromatic rings. The quantitative estimate of drug-likeness (QED) is 0.883. The van der Waals surface area contributed by atoms with Crippen LogP contribution in [0.2, 0.25) is 0 Å². The van der Waals surface area contributed by atoms with E-state index >= 15 is 0 Å². The molecule has 1 N–H and O–H groups in total. The van der Waals surface area contributed by atoms with Gasteiger partial charge in [0.25, 0.3) is 0 Å². The Labute approximate surface area is 99.7 Å². The van der Waals surface area contributed by atoms with Crippen molar-refractivity contribution in [2.45, 2.75) is 26.2 Å². The van der Waals surface area contributed by atoms with Gasteiger partial charge in [0, 0.05) is 23.1 Å². The van der Waals surface area contributed by atoms with Crippen LogP contribution in [-0.4, -0.2) is 6.54 Å². The Kier molecular flexibility index (Phi) is 3.47. The Hall–Kier alpha value is -0.760. The Morgan fingerprint density at radius 3 is 3.07 bits per heavy atom. The Morgan fingerprint density at radius 1 is 1.40 bits per heavy atom. The molecule has 1 aromatic carbocycles. The average Bonchev–Trinajstić information content (AvgIpc) is 2.27. The highest BCUT2D eigenvalue weighted by atomic mass is 79.9. The first-order valence-electron chi connectivity index (χ1n) is 5.50. The molecule has 1 nitrogen and oxygen atoms in total. The number of allylic oxidation sites excluding steroid dienone is 2. The van der Waals surface area contributed by atoms with Gasteiger partial charge >= 0.3 is 0 Å². The minimum absolute atomic E-state index is 1.04. The highest BCUT2D eigenvalue weighted by Gasteiger charge is 2.12. The topological polar surface area (TPSA) is 12.0 Å². The summed E-state index contributed by atoms with van der Waals surface area (Å²) in [5, 5.41) is 3.48. The van der Waals surface area contributed by atoms with Crippen molar-refractivity contribution in [2.75, 3.05) is 6.54 Å². The van der Waals surface area contributed by atoms with Crippen molar-refractivity contribution in [1.29, 1.82) is 0 Å². The molecule has 1 aliphatic rings. The van der Waals surface area contributed by atoms with Crippen LogP contribution >= 0.6 is 15.9 Å². The van der Waals surface area contributed by atoms with Crippen LogP contribution < -0.4 is 5.32 Å². The summed E-state index contributed by atoms with van der Waals surface area (Å²) >= 11 is 3.62. The molecular formula is C13H16BrN. The highest BCUT2D eigenvalue weighted by molar-refractivity contribution is 9.10. The fraction of sp³-hybridized carbons (Fsp3) is 0.385. The summed E-state index contributed by atoms with van der Waals surface area (Å²) in [5.74, 6) is 0. The van der Waals surface area contributed by atoms with Gasteiger partial charge in [-0.05, 0) is 30.0 Å². The van der Waals surface area contributed by atoms with Gasteiger partial charge in [0.2, 0.25) is 0 Å². The summed E-state index contributed by atoms with van der Waals surface area (Å²) in [7, 11) is 0. The van der Waals surface area contributed by atoms with E-state index < -0.39 is 0 Å². The van der Waals surface area contributed by atoms with Crippen molar-refractivity contribution in [3.63, 3.8) is 0 Å². The van der Waals surface area contributed by atoms with Crippen LogP contribution in [-0.2, 0) is 12.8 Å². The number of hydrogen-bond acceptors (Lipinski definition) is 1. The molecule has 0 saturated heterocycles. The van der Waals surface area contributed by atoms with Gasteiger partial charge in [-0.25, -0.2) is 0 Å². The first kappa shape index (κ1) is 10.7. The standard InChI is InChI=1S/C13H16BrN/c1-2-8-15-11-7-6-10-4-3-5-13(14)12(10)9-11/h3-5,7,15H,2,6,8-9H2,1H3. The largest absolute Gasteiger partial charge is 0.388 e. The van der Waals surface area contributed by atoms with E-state index in [9.17, 15) is 0 Å². The molecule has 2 rings (SSSR count). The second-order valence-corrected chi connectivity index (χ2v) is 4.77. The van der Waals surface area contributed by atoms with Crippen LogP contribution in [0.1, 0.15) is 24.5 Å². The molecule has 0 radical (unpaired) electrons. The van der Waals surface area contributed by atoms with Crippen molar-refractivity contribution < 1.29 is 0 Å². The van der Waals surface area contributed by atoms with Crippen LogP contribution in [0.15, 0.2) is 34.4 Å². The van der Waals surface area contributed by atoms with Crippen molar-refractivity contribution in [2.24, 2.45) is 0 Å². The molecule has 0 aliphatic heterocycles. The van der Waals surface area contributed by atoms with Crippen molar-refractivity contribution in [3.8, 4) is 0 Å². The minimum Gasteiger partial charge on any atom is -0.388 e. The van der Waals surface area contributed by atoms with E-state index in [1.807, 2.05) is 0 Å². The molecule has 0 heterocycles. The predicted molar refractivity (Wildman–Crippen MR) is 67.9 cm³/mol. The van der Waals surface area contributed by atoms with Crippen LogP contribution in [0.3, 0.4) is 0 Å². The lowest BCUT2D eigenvalue weighted by Crippen LogP contribution is -2.19. The Balaban J connectivity index is 2.14. The van der Waals surface area contributed by atoms with Gasteiger partial charge in [0.05, 0.1) is 0 Å². The van der Waals surface area contributed by atoms with Crippen LogP contribution in [0.4, 0.5) is 0 Å². The van der Waals surface area contributed by atoms with Gasteiger partial charge in [-0.3, -0.25) is 0 Å². The molecule has 2 heteroatoms. The smallest absolute Gasteiger partial charge is 0.0214 e. The number of halogens is 1. The van der Waals surface area contributed by atoms with Gasteiger partial charge in [-0.2, -0.15) is 0 Å². The minimum atomic E-state index is 1.04. The Bertz CT molecular complexity index is 382. The van der Waals surface area contributed by atoms with Crippen LogP contribution in [0.25, 0.3) is 0 Å². The summed E-state index contributed by atoms with van der Waals surface area (Å²) in [4.78, 5) is 0. The average molecular weight is 266 g/mol. The second kappa shape index (κ2) is 4.84. The SMILES string of the molecule is CCCNC1=CCc2cccc(Br)c2C1. The number of nitrogens with one attached hydrogen (secondary N) is 1. The van der Waals surface area contributed by atoms with Crippen molar-refractivity contribution >= 4 is 15.9 Å². The van der Waals surface area contributed by atoms with Gasteiger partial charge in [-0.15, -0.1) is 0 Å². The molecule has 0 atom stereocenters. The molecule has 15 heavy (non-hydrogen) atoms. The molecule has 0 bridgehead atoms. The number of hydrogen-bond donors (Lipinski definition) is 1. The summed E-state index contributed by atoms with van der Waals surface area (Å²) in [6.07, 6.45) is 5.59. The van der Waals surface area contributed by atoms with E-state index in [-0.39, 0.29) is 0 Å². The predicted octanol–water partition coefficient (Wildman–Crippen LogP) is 3.43. The third-order valence-corrected chi connectivity index (χ3v) is 3.50. The monoisotopic (exact) mass is 265 g/mol. The van der Waals surface area contributed by atoms with Gasteiger partial charge in [0.15, 0.2) is 0 Å². The summed E-state index contributed by atoms with van der Waals surface area (Å²) < 4.78 is 1.24. The molecule has 0 aromatic heterocycles. The molecule has 0 spiro atoms. The molecular weight excluding hydrogens is 250 g/mol. The maximum atomic E-state index is 3.62. The highest BCUT2D eigenvalue weighted by Crippen LogP contribution is 2.26. The lowest BCUT2D eigenvalue weighted by Gasteiger charge is -2.19. The molecule has 0 amide bonds. The van der Waals surface area contributed by atoms with Gasteiger partial charge in [-0.1, -0.05) is 41.1 Å². The van der Waals surface area contributed by atoms with E-state index in [4.69, 9.17) is 0 Å². The zero-order valence-electron chi connectivity index (χ0n) is 9.02. The van der Waals surface area contributed by atoms with E-state index in [0.717, 1.165) is 19.4 Å². The molecule has 1 aliphatic carbocycles. The molecule has 0 unspecified atom stereocenters. The van der Waals surface area contributed by atoms with Crippen molar-refractivity contribution in [3.05, 3.63) is 45.6 Å². The molecule has 0 fully saturated rings. The summed E-state index contributed by atoms with van der Waals surface area (Å²) in [5.41, 5.74) is 4.27. The maximum absolute atomic E-state index is 3.62. The van der Waals surface area contributed by atoms with E-state index in [2.05, 4.69) is 52.4 Å². The first-order chi connectivity index (χ1) is 7.31. The zero-order valence-corrected chi connectivity index (χ0v) is 10.6. The first-order valence-corrected chi connectivity index (χ1v) is 6.29. The fourth-order valence-electron chi connectivity index (χ4n) is 1.91. The zero-order chi connectivity index (χ0) is 10.7. The third kappa shape index (κ3) is 2.43. The number of fused-ring (bicyclic) bond motifs is 1. The maximum Gasteiger partial charge on any atom is 0.0214 e. The summed E-state index contributed by atoms with van der Waals surface area (Å²) in [6.45, 7) is 3.27.